The van der Waals surface area contributed by atoms with Gasteiger partial charge in [-0.3, -0.25) is 9.88 Å². The molecule has 0 saturated carbocycles. The second-order valence-corrected chi connectivity index (χ2v) is 6.61. The highest BCUT2D eigenvalue weighted by atomic mass is 16.5. The predicted octanol–water partition coefficient (Wildman–Crippen LogP) is 2.90. The molecule has 24 heavy (non-hydrogen) atoms. The standard InChI is InChI=1S/C20H27N3O/c1-17(23-11-13-24-14-12-23)15-22(2)16-18-6-8-19(9-7-18)20-5-3-4-10-21-20/h3-10,17H,11-16H2,1-2H3. The summed E-state index contributed by atoms with van der Waals surface area (Å²) in [7, 11) is 2.20. The Morgan fingerprint density at radius 2 is 1.88 bits per heavy atom. The maximum atomic E-state index is 5.44. The second kappa shape index (κ2) is 8.38. The minimum Gasteiger partial charge on any atom is -0.379 e. The summed E-state index contributed by atoms with van der Waals surface area (Å²) in [4.78, 5) is 9.32. The molecule has 0 radical (unpaired) electrons. The van der Waals surface area contributed by atoms with Crippen molar-refractivity contribution < 1.29 is 4.74 Å². The van der Waals surface area contributed by atoms with E-state index in [0.717, 1.165) is 45.1 Å². The molecular weight excluding hydrogens is 298 g/mol. The summed E-state index contributed by atoms with van der Waals surface area (Å²) in [6.45, 7) is 8.18. The number of rotatable bonds is 6. The van der Waals surface area contributed by atoms with E-state index >= 15 is 0 Å². The Morgan fingerprint density at radius 1 is 1.12 bits per heavy atom. The van der Waals surface area contributed by atoms with Crippen LogP contribution in [0.4, 0.5) is 0 Å². The van der Waals surface area contributed by atoms with Gasteiger partial charge in [0.2, 0.25) is 0 Å². The van der Waals surface area contributed by atoms with E-state index in [1.165, 1.54) is 11.1 Å². The first kappa shape index (κ1) is 17.1. The Hall–Kier alpha value is -1.75. The quantitative estimate of drug-likeness (QED) is 0.816. The number of pyridine rings is 1. The number of ether oxygens (including phenoxy) is 1. The molecule has 2 aromatic rings. The zero-order chi connectivity index (χ0) is 16.8. The van der Waals surface area contributed by atoms with Crippen LogP contribution in [-0.4, -0.2) is 60.7 Å². The molecule has 3 rings (SSSR count). The highest BCUT2D eigenvalue weighted by Gasteiger charge is 2.18. The van der Waals surface area contributed by atoms with Gasteiger partial charge in [-0.05, 0) is 31.7 Å². The van der Waals surface area contributed by atoms with Crippen molar-refractivity contribution in [1.82, 2.24) is 14.8 Å². The summed E-state index contributed by atoms with van der Waals surface area (Å²) in [5.74, 6) is 0. The van der Waals surface area contributed by atoms with Gasteiger partial charge in [-0.2, -0.15) is 0 Å². The van der Waals surface area contributed by atoms with Crippen LogP contribution in [0.2, 0.25) is 0 Å². The minimum atomic E-state index is 0.562. The fraction of sp³-hybridized carbons (Fsp3) is 0.450. The van der Waals surface area contributed by atoms with Crippen molar-refractivity contribution >= 4 is 0 Å². The van der Waals surface area contributed by atoms with Crippen LogP contribution in [0, 0.1) is 0 Å². The van der Waals surface area contributed by atoms with Gasteiger partial charge in [-0.25, -0.2) is 0 Å². The molecule has 0 aliphatic carbocycles. The summed E-state index contributed by atoms with van der Waals surface area (Å²) in [6, 6.07) is 15.3. The Bertz CT molecular complexity index is 609. The van der Waals surface area contributed by atoms with Crippen molar-refractivity contribution in [3.8, 4) is 11.3 Å². The van der Waals surface area contributed by atoms with Gasteiger partial charge in [0.05, 0.1) is 18.9 Å². The molecule has 4 nitrogen and oxygen atoms in total. The molecule has 2 heterocycles. The fourth-order valence-corrected chi connectivity index (χ4v) is 3.28. The predicted molar refractivity (Wildman–Crippen MR) is 97.9 cm³/mol. The largest absolute Gasteiger partial charge is 0.379 e. The van der Waals surface area contributed by atoms with Gasteiger partial charge in [-0.15, -0.1) is 0 Å². The van der Waals surface area contributed by atoms with Gasteiger partial charge < -0.3 is 9.64 Å². The fourth-order valence-electron chi connectivity index (χ4n) is 3.28. The average Bonchev–Trinajstić information content (AvgIpc) is 2.64. The lowest BCUT2D eigenvalue weighted by Crippen LogP contribution is -2.46. The summed E-state index contributed by atoms with van der Waals surface area (Å²) in [5.41, 5.74) is 3.54. The number of hydrogen-bond donors (Lipinski definition) is 0. The van der Waals surface area contributed by atoms with Crippen molar-refractivity contribution in [3.05, 3.63) is 54.2 Å². The Kier molecular flexibility index (Phi) is 5.96. The molecular formula is C20H27N3O. The maximum absolute atomic E-state index is 5.44. The summed E-state index contributed by atoms with van der Waals surface area (Å²) >= 11 is 0. The van der Waals surface area contributed by atoms with Gasteiger partial charge in [-0.1, -0.05) is 30.3 Å². The van der Waals surface area contributed by atoms with E-state index in [0.29, 0.717) is 6.04 Å². The van der Waals surface area contributed by atoms with E-state index in [4.69, 9.17) is 4.74 Å². The summed E-state index contributed by atoms with van der Waals surface area (Å²) in [5, 5.41) is 0. The van der Waals surface area contributed by atoms with Crippen molar-refractivity contribution in [3.63, 3.8) is 0 Å². The van der Waals surface area contributed by atoms with Crippen LogP contribution in [0.1, 0.15) is 12.5 Å². The van der Waals surface area contributed by atoms with Gasteiger partial charge in [0, 0.05) is 44.0 Å². The smallest absolute Gasteiger partial charge is 0.0701 e. The minimum absolute atomic E-state index is 0.562. The molecule has 0 spiro atoms. The third kappa shape index (κ3) is 4.63. The van der Waals surface area contributed by atoms with Crippen LogP contribution in [-0.2, 0) is 11.3 Å². The first-order valence-electron chi connectivity index (χ1n) is 8.73. The van der Waals surface area contributed by atoms with Crippen molar-refractivity contribution in [2.45, 2.75) is 19.5 Å². The van der Waals surface area contributed by atoms with Crippen LogP contribution in [0.5, 0.6) is 0 Å². The molecule has 0 N–H and O–H groups in total. The monoisotopic (exact) mass is 325 g/mol. The molecule has 128 valence electrons. The van der Waals surface area contributed by atoms with Crippen molar-refractivity contribution in [2.24, 2.45) is 0 Å². The molecule has 1 saturated heterocycles. The highest BCUT2D eigenvalue weighted by molar-refractivity contribution is 5.58. The first-order chi connectivity index (χ1) is 11.7. The van der Waals surface area contributed by atoms with Gasteiger partial charge in [0.15, 0.2) is 0 Å². The topological polar surface area (TPSA) is 28.6 Å². The molecule has 1 aliphatic rings. The van der Waals surface area contributed by atoms with Gasteiger partial charge >= 0.3 is 0 Å². The zero-order valence-electron chi connectivity index (χ0n) is 14.7. The van der Waals surface area contributed by atoms with Crippen LogP contribution in [0.15, 0.2) is 48.7 Å². The maximum Gasteiger partial charge on any atom is 0.0701 e. The number of hydrogen-bond acceptors (Lipinski definition) is 4. The molecule has 1 aromatic carbocycles. The molecule has 0 bridgehead atoms. The van der Waals surface area contributed by atoms with Crippen LogP contribution in [0.3, 0.4) is 0 Å². The lowest BCUT2D eigenvalue weighted by Gasteiger charge is -2.34. The van der Waals surface area contributed by atoms with Crippen molar-refractivity contribution in [2.75, 3.05) is 39.9 Å². The lowest BCUT2D eigenvalue weighted by molar-refractivity contribution is 0.0137. The van der Waals surface area contributed by atoms with E-state index in [2.05, 4.69) is 53.0 Å². The molecule has 1 fully saturated rings. The van der Waals surface area contributed by atoms with E-state index < -0.39 is 0 Å². The molecule has 0 amide bonds. The van der Waals surface area contributed by atoms with Crippen molar-refractivity contribution in [1.29, 1.82) is 0 Å². The third-order valence-electron chi connectivity index (χ3n) is 4.61. The molecule has 1 aromatic heterocycles. The molecule has 4 heteroatoms. The third-order valence-corrected chi connectivity index (χ3v) is 4.61. The van der Waals surface area contributed by atoms with Gasteiger partial charge in [0.25, 0.3) is 0 Å². The van der Waals surface area contributed by atoms with E-state index in [1.54, 1.807) is 0 Å². The normalized spacial score (nSPS) is 17.1. The molecule has 1 aliphatic heterocycles. The van der Waals surface area contributed by atoms with Gasteiger partial charge in [0.1, 0.15) is 0 Å². The van der Waals surface area contributed by atoms with Crippen LogP contribution < -0.4 is 0 Å². The number of likely N-dealkylation sites (N-methyl/N-ethyl adjacent to an activating group) is 1. The summed E-state index contributed by atoms with van der Waals surface area (Å²) < 4.78 is 5.44. The number of morpholine rings is 1. The number of aromatic nitrogens is 1. The van der Waals surface area contributed by atoms with E-state index in [9.17, 15) is 0 Å². The summed E-state index contributed by atoms with van der Waals surface area (Å²) in [6.07, 6.45) is 1.84. The molecule has 1 atom stereocenters. The van der Waals surface area contributed by atoms with E-state index in [-0.39, 0.29) is 0 Å². The Morgan fingerprint density at radius 3 is 2.54 bits per heavy atom. The highest BCUT2D eigenvalue weighted by Crippen LogP contribution is 2.17. The van der Waals surface area contributed by atoms with E-state index in [1.807, 2.05) is 24.4 Å². The Balaban J connectivity index is 1.53. The zero-order valence-corrected chi connectivity index (χ0v) is 14.7. The van der Waals surface area contributed by atoms with Crippen LogP contribution in [0.25, 0.3) is 11.3 Å². The second-order valence-electron chi connectivity index (χ2n) is 6.61. The average molecular weight is 325 g/mol. The SMILES string of the molecule is CC(CN(C)Cc1ccc(-c2ccccn2)cc1)N1CCOCC1. The number of benzene rings is 1. The number of nitrogens with zero attached hydrogens (tertiary/aromatic N) is 3. The molecule has 1 unspecified atom stereocenters. The first-order valence-corrected chi connectivity index (χ1v) is 8.73. The van der Waals surface area contributed by atoms with Crippen LogP contribution >= 0.6 is 0 Å². The Labute approximate surface area is 145 Å². The lowest BCUT2D eigenvalue weighted by atomic mass is 10.1.